The normalized spacial score (nSPS) is 10.7. The number of unbranched alkanes of at least 4 members (excludes halogenated alkanes) is 1. The van der Waals surface area contributed by atoms with Crippen molar-refractivity contribution in [1.29, 1.82) is 0 Å². The minimum Gasteiger partial charge on any atom is -0.508 e. The Hall–Kier alpha value is -1.81. The lowest BCUT2D eigenvalue weighted by atomic mass is 10.2. The van der Waals surface area contributed by atoms with Gasteiger partial charge in [0.05, 0.1) is 6.33 Å². The summed E-state index contributed by atoms with van der Waals surface area (Å²) in [5.41, 5.74) is 1.12. The topological polar surface area (TPSA) is 50.1 Å². The Balaban J connectivity index is 1.56. The third kappa shape index (κ3) is 4.22. The molecule has 0 aliphatic rings. The molecule has 1 heterocycles. The van der Waals surface area contributed by atoms with E-state index in [1.165, 1.54) is 0 Å². The number of phenolic OH excluding ortho intramolecular Hbond substituents is 1. The van der Waals surface area contributed by atoms with Crippen molar-refractivity contribution in [3.63, 3.8) is 0 Å². The van der Waals surface area contributed by atoms with Crippen molar-refractivity contribution in [1.82, 2.24) is 14.9 Å². The number of nitrogens with zero attached hydrogens (tertiary/aromatic N) is 2. The molecule has 18 heavy (non-hydrogen) atoms. The summed E-state index contributed by atoms with van der Waals surface area (Å²) >= 11 is 0. The van der Waals surface area contributed by atoms with Gasteiger partial charge in [0, 0.05) is 25.5 Å². The predicted molar refractivity (Wildman–Crippen MR) is 71.3 cm³/mol. The minimum absolute atomic E-state index is 0.328. The lowest BCUT2D eigenvalue weighted by Gasteiger charge is -2.06. The van der Waals surface area contributed by atoms with Crippen LogP contribution in [0.25, 0.3) is 0 Å². The summed E-state index contributed by atoms with van der Waals surface area (Å²) in [6.45, 7) is 2.82. The first kappa shape index (κ1) is 12.6. The number of aryl methyl sites for hydroxylation is 1. The molecule has 1 aromatic carbocycles. The summed E-state index contributed by atoms with van der Waals surface area (Å²) < 4.78 is 2.09. The van der Waals surface area contributed by atoms with Crippen LogP contribution in [-0.2, 0) is 13.1 Å². The van der Waals surface area contributed by atoms with Crippen molar-refractivity contribution >= 4 is 0 Å². The van der Waals surface area contributed by atoms with E-state index in [2.05, 4.69) is 14.9 Å². The highest BCUT2D eigenvalue weighted by molar-refractivity contribution is 5.26. The monoisotopic (exact) mass is 245 g/mol. The van der Waals surface area contributed by atoms with Crippen molar-refractivity contribution in [3.05, 3.63) is 48.5 Å². The summed E-state index contributed by atoms with van der Waals surface area (Å²) in [5.74, 6) is 0.328. The molecule has 2 rings (SSSR count). The molecule has 0 aliphatic heterocycles. The van der Waals surface area contributed by atoms with Crippen LogP contribution in [0.4, 0.5) is 0 Å². The molecule has 4 nitrogen and oxygen atoms in total. The summed E-state index contributed by atoms with van der Waals surface area (Å²) in [5, 5.41) is 12.7. The SMILES string of the molecule is Oc1cccc(CNCCCCn2ccnc2)c1. The van der Waals surface area contributed by atoms with Crippen molar-refractivity contribution < 1.29 is 5.11 Å². The van der Waals surface area contributed by atoms with E-state index in [1.807, 2.05) is 24.7 Å². The third-order valence-electron chi connectivity index (χ3n) is 2.82. The van der Waals surface area contributed by atoms with Gasteiger partial charge in [-0.05, 0) is 37.1 Å². The van der Waals surface area contributed by atoms with Gasteiger partial charge in [0.25, 0.3) is 0 Å². The molecule has 96 valence electrons. The number of benzene rings is 1. The maximum Gasteiger partial charge on any atom is 0.115 e. The third-order valence-corrected chi connectivity index (χ3v) is 2.82. The second-order valence-corrected chi connectivity index (χ2v) is 4.35. The predicted octanol–water partition coefficient (Wildman–Crippen LogP) is 2.16. The fourth-order valence-corrected chi connectivity index (χ4v) is 1.86. The molecule has 0 aliphatic carbocycles. The Morgan fingerprint density at radius 3 is 3.00 bits per heavy atom. The molecule has 0 unspecified atom stereocenters. The van der Waals surface area contributed by atoms with Crippen LogP contribution in [-0.4, -0.2) is 21.2 Å². The van der Waals surface area contributed by atoms with Crippen LogP contribution in [0.2, 0.25) is 0 Å². The van der Waals surface area contributed by atoms with Crippen LogP contribution in [0.15, 0.2) is 43.0 Å². The van der Waals surface area contributed by atoms with Crippen LogP contribution in [0.3, 0.4) is 0 Å². The number of aromatic hydroxyl groups is 1. The first-order valence-corrected chi connectivity index (χ1v) is 6.29. The molecule has 1 aromatic heterocycles. The molecule has 0 saturated carbocycles. The molecule has 0 atom stereocenters. The molecule has 0 radical (unpaired) electrons. The molecule has 2 N–H and O–H groups in total. The van der Waals surface area contributed by atoms with Gasteiger partial charge in [0.1, 0.15) is 5.75 Å². The average Bonchev–Trinajstić information content (AvgIpc) is 2.87. The van der Waals surface area contributed by atoms with E-state index in [0.717, 1.165) is 38.0 Å². The van der Waals surface area contributed by atoms with E-state index >= 15 is 0 Å². The van der Waals surface area contributed by atoms with E-state index in [-0.39, 0.29) is 0 Å². The first-order chi connectivity index (χ1) is 8.84. The molecular weight excluding hydrogens is 226 g/mol. The van der Waals surface area contributed by atoms with Crippen LogP contribution in [0.5, 0.6) is 5.75 Å². The molecule has 0 amide bonds. The molecule has 0 spiro atoms. The summed E-state index contributed by atoms with van der Waals surface area (Å²) in [6.07, 6.45) is 7.92. The van der Waals surface area contributed by atoms with E-state index in [4.69, 9.17) is 0 Å². The van der Waals surface area contributed by atoms with Gasteiger partial charge in [-0.3, -0.25) is 0 Å². The number of hydrogen-bond donors (Lipinski definition) is 2. The molecule has 0 bridgehead atoms. The van der Waals surface area contributed by atoms with Crippen LogP contribution in [0.1, 0.15) is 18.4 Å². The van der Waals surface area contributed by atoms with Crippen molar-refractivity contribution in [2.45, 2.75) is 25.9 Å². The fraction of sp³-hybridized carbons (Fsp3) is 0.357. The zero-order valence-corrected chi connectivity index (χ0v) is 10.4. The van der Waals surface area contributed by atoms with E-state index in [9.17, 15) is 5.11 Å². The molecule has 4 heteroatoms. The summed E-state index contributed by atoms with van der Waals surface area (Å²) in [4.78, 5) is 4.01. The highest BCUT2D eigenvalue weighted by atomic mass is 16.3. The number of aromatic nitrogens is 2. The van der Waals surface area contributed by atoms with Gasteiger partial charge in [-0.25, -0.2) is 4.98 Å². The summed E-state index contributed by atoms with van der Waals surface area (Å²) in [7, 11) is 0. The maximum atomic E-state index is 9.32. The minimum atomic E-state index is 0.328. The van der Waals surface area contributed by atoms with Gasteiger partial charge in [-0.2, -0.15) is 0 Å². The Bertz CT molecular complexity index is 454. The molecule has 0 fully saturated rings. The number of rotatable bonds is 7. The van der Waals surface area contributed by atoms with Crippen molar-refractivity contribution in [2.75, 3.05) is 6.54 Å². The lowest BCUT2D eigenvalue weighted by molar-refractivity contribution is 0.474. The van der Waals surface area contributed by atoms with Gasteiger partial charge in [0.15, 0.2) is 0 Å². The van der Waals surface area contributed by atoms with E-state index < -0.39 is 0 Å². The fourth-order valence-electron chi connectivity index (χ4n) is 1.86. The van der Waals surface area contributed by atoms with Gasteiger partial charge in [-0.15, -0.1) is 0 Å². The van der Waals surface area contributed by atoms with Gasteiger partial charge in [-0.1, -0.05) is 12.1 Å². The standard InChI is InChI=1S/C14H19N3O/c18-14-5-3-4-13(10-14)11-15-6-1-2-8-17-9-7-16-12-17/h3-5,7,9-10,12,15,18H,1-2,6,8,11H2. The van der Waals surface area contributed by atoms with Crippen LogP contribution in [0, 0.1) is 0 Å². The number of hydrogen-bond acceptors (Lipinski definition) is 3. The molecule has 0 saturated heterocycles. The zero-order valence-electron chi connectivity index (χ0n) is 10.4. The lowest BCUT2D eigenvalue weighted by Crippen LogP contribution is -2.15. The Labute approximate surface area is 107 Å². The Morgan fingerprint density at radius 1 is 1.28 bits per heavy atom. The van der Waals surface area contributed by atoms with Crippen molar-refractivity contribution in [3.8, 4) is 5.75 Å². The number of imidazole rings is 1. The van der Waals surface area contributed by atoms with Gasteiger partial charge < -0.3 is 15.0 Å². The van der Waals surface area contributed by atoms with E-state index in [1.54, 1.807) is 18.3 Å². The first-order valence-electron chi connectivity index (χ1n) is 6.29. The smallest absolute Gasteiger partial charge is 0.115 e. The molecular formula is C14H19N3O. The highest BCUT2D eigenvalue weighted by Crippen LogP contribution is 2.10. The second-order valence-electron chi connectivity index (χ2n) is 4.35. The van der Waals surface area contributed by atoms with E-state index in [0.29, 0.717) is 5.75 Å². The molecule has 2 aromatic rings. The van der Waals surface area contributed by atoms with Crippen LogP contribution >= 0.6 is 0 Å². The van der Waals surface area contributed by atoms with Crippen LogP contribution < -0.4 is 5.32 Å². The van der Waals surface area contributed by atoms with Gasteiger partial charge in [0.2, 0.25) is 0 Å². The van der Waals surface area contributed by atoms with Crippen molar-refractivity contribution in [2.24, 2.45) is 0 Å². The quantitative estimate of drug-likeness (QED) is 0.735. The maximum absolute atomic E-state index is 9.32. The number of phenols is 1. The largest absolute Gasteiger partial charge is 0.508 e. The zero-order chi connectivity index (χ0) is 12.6. The summed E-state index contributed by atoms with van der Waals surface area (Å²) in [6, 6.07) is 7.36. The number of nitrogens with one attached hydrogen (secondary N) is 1. The highest BCUT2D eigenvalue weighted by Gasteiger charge is 1.95. The average molecular weight is 245 g/mol. The Morgan fingerprint density at radius 2 is 2.22 bits per heavy atom. The second kappa shape index (κ2) is 6.81. The van der Waals surface area contributed by atoms with Gasteiger partial charge >= 0.3 is 0 Å². The Kier molecular flexibility index (Phi) is 4.78.